The SMILES string of the molecule is CC(=O)N[C@@H]1[C@@H](O[C@H](C)C(N)=O)[C@H](O)[C@@H](CO)O[C@@H]1O. The van der Waals surface area contributed by atoms with Crippen LogP contribution in [0.5, 0.6) is 0 Å². The Labute approximate surface area is 115 Å². The second-order valence-corrected chi connectivity index (χ2v) is 4.61. The van der Waals surface area contributed by atoms with E-state index in [-0.39, 0.29) is 0 Å². The van der Waals surface area contributed by atoms with Crippen LogP contribution < -0.4 is 11.1 Å². The zero-order valence-corrected chi connectivity index (χ0v) is 11.2. The third-order valence-electron chi connectivity index (χ3n) is 3.00. The molecule has 0 saturated carbocycles. The van der Waals surface area contributed by atoms with Crippen molar-refractivity contribution in [2.45, 2.75) is 50.6 Å². The molecule has 0 aromatic heterocycles. The molecule has 1 heterocycles. The molecule has 0 aromatic rings. The number of aliphatic hydroxyl groups is 3. The number of hydrogen-bond donors (Lipinski definition) is 5. The zero-order valence-electron chi connectivity index (χ0n) is 11.2. The minimum absolute atomic E-state index is 0.479. The molecule has 0 unspecified atom stereocenters. The first kappa shape index (κ1) is 16.8. The first-order chi connectivity index (χ1) is 9.27. The highest BCUT2D eigenvalue weighted by Gasteiger charge is 2.46. The molecule has 116 valence electrons. The number of nitrogens with two attached hydrogens (primary N) is 1. The zero-order chi connectivity index (χ0) is 15.4. The van der Waals surface area contributed by atoms with Crippen LogP contribution in [0.4, 0.5) is 0 Å². The lowest BCUT2D eigenvalue weighted by molar-refractivity contribution is -0.266. The van der Waals surface area contributed by atoms with E-state index < -0.39 is 55.2 Å². The summed E-state index contributed by atoms with van der Waals surface area (Å²) >= 11 is 0. The lowest BCUT2D eigenvalue weighted by Crippen LogP contribution is -2.65. The molecule has 1 aliphatic rings. The van der Waals surface area contributed by atoms with E-state index in [1.807, 2.05) is 0 Å². The van der Waals surface area contributed by atoms with Crippen LogP contribution in [-0.4, -0.2) is 70.5 Å². The summed E-state index contributed by atoms with van der Waals surface area (Å²) in [7, 11) is 0. The first-order valence-corrected chi connectivity index (χ1v) is 6.12. The molecule has 1 fully saturated rings. The van der Waals surface area contributed by atoms with Gasteiger partial charge in [-0.25, -0.2) is 0 Å². The first-order valence-electron chi connectivity index (χ1n) is 6.12. The van der Waals surface area contributed by atoms with E-state index in [2.05, 4.69) is 5.32 Å². The maximum atomic E-state index is 11.1. The third-order valence-corrected chi connectivity index (χ3v) is 3.00. The van der Waals surface area contributed by atoms with Crippen LogP contribution in [0.15, 0.2) is 0 Å². The predicted molar refractivity (Wildman–Crippen MR) is 65.1 cm³/mol. The molecule has 6 N–H and O–H groups in total. The summed E-state index contributed by atoms with van der Waals surface area (Å²) in [5, 5.41) is 31.3. The number of rotatable bonds is 5. The Morgan fingerprint density at radius 2 is 2.05 bits per heavy atom. The van der Waals surface area contributed by atoms with Crippen molar-refractivity contribution in [3.8, 4) is 0 Å². The fourth-order valence-corrected chi connectivity index (χ4v) is 1.94. The average Bonchev–Trinajstić information content (AvgIpc) is 2.36. The van der Waals surface area contributed by atoms with Gasteiger partial charge in [0.2, 0.25) is 11.8 Å². The highest BCUT2D eigenvalue weighted by Crippen LogP contribution is 2.23. The second-order valence-electron chi connectivity index (χ2n) is 4.61. The summed E-state index contributed by atoms with van der Waals surface area (Å²) in [5.41, 5.74) is 5.07. The van der Waals surface area contributed by atoms with Gasteiger partial charge >= 0.3 is 0 Å². The Morgan fingerprint density at radius 3 is 2.50 bits per heavy atom. The minimum Gasteiger partial charge on any atom is -0.394 e. The fraction of sp³-hybridized carbons (Fsp3) is 0.818. The second kappa shape index (κ2) is 6.95. The Balaban J connectivity index is 2.92. The summed E-state index contributed by atoms with van der Waals surface area (Å²) in [6.45, 7) is 2.03. The molecule has 2 amide bonds. The molecule has 9 nitrogen and oxygen atoms in total. The van der Waals surface area contributed by atoms with Crippen molar-refractivity contribution in [2.24, 2.45) is 5.73 Å². The summed E-state index contributed by atoms with van der Waals surface area (Å²) < 4.78 is 10.3. The number of amides is 2. The van der Waals surface area contributed by atoms with Crippen molar-refractivity contribution < 1.29 is 34.4 Å². The fourth-order valence-electron chi connectivity index (χ4n) is 1.94. The van der Waals surface area contributed by atoms with Crippen molar-refractivity contribution >= 4 is 11.8 Å². The number of hydrogen-bond acceptors (Lipinski definition) is 7. The van der Waals surface area contributed by atoms with Crippen molar-refractivity contribution in [2.75, 3.05) is 6.61 Å². The molecule has 0 bridgehead atoms. The molecule has 0 radical (unpaired) electrons. The van der Waals surface area contributed by atoms with Crippen LogP contribution in [0, 0.1) is 0 Å². The highest BCUT2D eigenvalue weighted by molar-refractivity contribution is 5.78. The van der Waals surface area contributed by atoms with Crippen LogP contribution >= 0.6 is 0 Å². The van der Waals surface area contributed by atoms with Crippen molar-refractivity contribution in [3.05, 3.63) is 0 Å². The summed E-state index contributed by atoms with van der Waals surface area (Å²) in [6, 6.07) is -1.09. The number of nitrogens with one attached hydrogen (secondary N) is 1. The summed E-state index contributed by atoms with van der Waals surface area (Å²) in [4.78, 5) is 22.2. The van der Waals surface area contributed by atoms with Gasteiger partial charge in [0, 0.05) is 6.92 Å². The van der Waals surface area contributed by atoms with Gasteiger partial charge < -0.3 is 35.8 Å². The molecule has 1 saturated heterocycles. The normalized spacial score (nSPS) is 35.4. The quantitative estimate of drug-likeness (QED) is 0.358. The Kier molecular flexibility index (Phi) is 5.84. The van der Waals surface area contributed by atoms with E-state index in [0.717, 1.165) is 0 Å². The lowest BCUT2D eigenvalue weighted by Gasteiger charge is -2.43. The maximum absolute atomic E-state index is 11.1. The molecular formula is C11H20N2O7. The number of aliphatic hydroxyl groups excluding tert-OH is 3. The predicted octanol–water partition coefficient (Wildman–Crippen LogP) is -3.18. The Morgan fingerprint density at radius 1 is 1.45 bits per heavy atom. The smallest absolute Gasteiger partial charge is 0.246 e. The lowest BCUT2D eigenvalue weighted by atomic mass is 9.96. The van der Waals surface area contributed by atoms with E-state index >= 15 is 0 Å². The molecule has 1 aliphatic heterocycles. The maximum Gasteiger partial charge on any atom is 0.246 e. The van der Waals surface area contributed by atoms with E-state index in [4.69, 9.17) is 20.3 Å². The molecular weight excluding hydrogens is 272 g/mol. The molecule has 6 atom stereocenters. The van der Waals surface area contributed by atoms with Crippen LogP contribution in [-0.2, 0) is 19.1 Å². The van der Waals surface area contributed by atoms with Crippen LogP contribution in [0.1, 0.15) is 13.8 Å². The van der Waals surface area contributed by atoms with Crippen molar-refractivity contribution in [1.82, 2.24) is 5.32 Å². The van der Waals surface area contributed by atoms with Crippen LogP contribution in [0.3, 0.4) is 0 Å². The monoisotopic (exact) mass is 292 g/mol. The van der Waals surface area contributed by atoms with Crippen LogP contribution in [0.2, 0.25) is 0 Å². The number of carbonyl (C=O) groups is 2. The van der Waals surface area contributed by atoms with Gasteiger partial charge in [-0.05, 0) is 6.92 Å². The molecule has 0 spiro atoms. The van der Waals surface area contributed by atoms with Gasteiger partial charge in [0.05, 0.1) is 6.61 Å². The standard InChI is InChI=1S/C11H20N2O7/c1-4(10(12)17)19-9-7(13-5(2)15)11(18)20-6(3-14)8(9)16/h4,6-9,11,14,16,18H,3H2,1-2H3,(H2,12,17)(H,13,15)/t4-,6-,7-,8-,9-,11+/m1/s1. The summed E-state index contributed by atoms with van der Waals surface area (Å²) in [6.07, 6.45) is -6.13. The average molecular weight is 292 g/mol. The van der Waals surface area contributed by atoms with Gasteiger partial charge in [-0.2, -0.15) is 0 Å². The third kappa shape index (κ3) is 3.87. The van der Waals surface area contributed by atoms with Crippen LogP contribution in [0.25, 0.3) is 0 Å². The molecule has 0 aliphatic carbocycles. The van der Waals surface area contributed by atoms with Gasteiger partial charge in [-0.1, -0.05) is 0 Å². The number of ether oxygens (including phenoxy) is 2. The number of primary amides is 1. The van der Waals surface area contributed by atoms with Gasteiger partial charge in [-0.15, -0.1) is 0 Å². The van der Waals surface area contributed by atoms with Gasteiger partial charge in [0.15, 0.2) is 6.29 Å². The van der Waals surface area contributed by atoms with Crippen molar-refractivity contribution in [1.29, 1.82) is 0 Å². The number of carbonyl (C=O) groups excluding carboxylic acids is 2. The van der Waals surface area contributed by atoms with Gasteiger partial charge in [0.1, 0.15) is 30.5 Å². The minimum atomic E-state index is -1.50. The molecule has 9 heteroatoms. The summed E-state index contributed by atoms with van der Waals surface area (Å²) in [5.74, 6) is -1.24. The van der Waals surface area contributed by atoms with E-state index in [1.165, 1.54) is 13.8 Å². The van der Waals surface area contributed by atoms with E-state index in [0.29, 0.717) is 0 Å². The molecule has 0 aromatic carbocycles. The Bertz CT molecular complexity index is 365. The highest BCUT2D eigenvalue weighted by atomic mass is 16.6. The van der Waals surface area contributed by atoms with E-state index in [1.54, 1.807) is 0 Å². The van der Waals surface area contributed by atoms with Gasteiger partial charge in [0.25, 0.3) is 0 Å². The largest absolute Gasteiger partial charge is 0.394 e. The van der Waals surface area contributed by atoms with Gasteiger partial charge in [-0.3, -0.25) is 9.59 Å². The molecule has 1 rings (SSSR count). The van der Waals surface area contributed by atoms with Crippen molar-refractivity contribution in [3.63, 3.8) is 0 Å². The Hall–Kier alpha value is -1.26. The molecule has 20 heavy (non-hydrogen) atoms. The topological polar surface area (TPSA) is 151 Å². The van der Waals surface area contributed by atoms with E-state index in [9.17, 15) is 19.8 Å².